The van der Waals surface area contributed by atoms with E-state index in [0.29, 0.717) is 24.7 Å². The lowest BCUT2D eigenvalue weighted by Crippen LogP contribution is -2.66. The lowest BCUT2D eigenvalue weighted by molar-refractivity contribution is -0.169. The Balaban J connectivity index is 1.46. The van der Waals surface area contributed by atoms with Crippen LogP contribution in [0.25, 0.3) is 0 Å². The summed E-state index contributed by atoms with van der Waals surface area (Å²) in [6, 6.07) is 5.98. The zero-order chi connectivity index (χ0) is 18.5. The third-order valence-corrected chi connectivity index (χ3v) is 6.63. The van der Waals surface area contributed by atoms with E-state index in [2.05, 4.69) is 5.32 Å². The molecule has 6 heteroatoms. The highest BCUT2D eigenvalue weighted by molar-refractivity contribution is 5.83. The molecule has 6 nitrogen and oxygen atoms in total. The molecular formula is C20H26N2O4. The molecule has 1 aromatic carbocycles. The van der Waals surface area contributed by atoms with Crippen LogP contribution in [0.5, 0.6) is 5.75 Å². The maximum atomic E-state index is 12.7. The first-order valence-corrected chi connectivity index (χ1v) is 9.38. The molecule has 4 fully saturated rings. The van der Waals surface area contributed by atoms with Gasteiger partial charge in [-0.05, 0) is 74.5 Å². The summed E-state index contributed by atoms with van der Waals surface area (Å²) in [5.41, 5.74) is 5.93. The summed E-state index contributed by atoms with van der Waals surface area (Å²) < 4.78 is 0. The van der Waals surface area contributed by atoms with Gasteiger partial charge in [0.25, 0.3) is 0 Å². The van der Waals surface area contributed by atoms with Crippen LogP contribution in [-0.2, 0) is 16.0 Å². The summed E-state index contributed by atoms with van der Waals surface area (Å²) in [6.07, 6.45) is 5.24. The molecule has 0 radical (unpaired) electrons. The number of carbonyl (C=O) groups excluding carboxylic acids is 1. The molecule has 0 aliphatic heterocycles. The lowest BCUT2D eigenvalue weighted by atomic mass is 9.47. The van der Waals surface area contributed by atoms with Gasteiger partial charge in [-0.1, -0.05) is 12.1 Å². The number of nitrogens with two attached hydrogens (primary N) is 1. The van der Waals surface area contributed by atoms with Crippen molar-refractivity contribution >= 4 is 11.9 Å². The molecule has 4 bridgehead atoms. The number of aliphatic carboxylic acids is 1. The van der Waals surface area contributed by atoms with Gasteiger partial charge < -0.3 is 21.3 Å². The molecule has 5 N–H and O–H groups in total. The number of carboxylic acid groups (broad SMARTS) is 1. The molecule has 1 aromatic rings. The number of carbonyl (C=O) groups is 2. The second-order valence-electron chi connectivity index (χ2n) is 8.79. The van der Waals surface area contributed by atoms with Gasteiger partial charge in [-0.25, -0.2) is 0 Å². The Morgan fingerprint density at radius 3 is 2.35 bits per heavy atom. The van der Waals surface area contributed by atoms with Crippen LogP contribution in [0.1, 0.15) is 44.1 Å². The molecule has 5 rings (SSSR count). The van der Waals surface area contributed by atoms with Crippen molar-refractivity contribution in [2.24, 2.45) is 23.0 Å². The van der Waals surface area contributed by atoms with Crippen molar-refractivity contribution in [1.82, 2.24) is 5.32 Å². The normalized spacial score (nSPS) is 35.9. The average molecular weight is 358 g/mol. The minimum atomic E-state index is -0.710. The number of phenols is 1. The first-order valence-electron chi connectivity index (χ1n) is 9.38. The molecule has 0 spiro atoms. The third-order valence-electron chi connectivity index (χ3n) is 6.63. The zero-order valence-electron chi connectivity index (χ0n) is 14.8. The second kappa shape index (κ2) is 5.98. The molecule has 26 heavy (non-hydrogen) atoms. The molecule has 2 unspecified atom stereocenters. The van der Waals surface area contributed by atoms with Crippen LogP contribution in [0.2, 0.25) is 0 Å². The summed E-state index contributed by atoms with van der Waals surface area (Å²) in [4.78, 5) is 24.7. The Morgan fingerprint density at radius 1 is 1.15 bits per heavy atom. The quantitative estimate of drug-likeness (QED) is 0.641. The molecule has 0 aromatic heterocycles. The van der Waals surface area contributed by atoms with Crippen LogP contribution in [0.4, 0.5) is 0 Å². The highest BCUT2D eigenvalue weighted by Gasteiger charge is 2.61. The highest BCUT2D eigenvalue weighted by atomic mass is 16.4. The topological polar surface area (TPSA) is 113 Å². The van der Waals surface area contributed by atoms with Gasteiger partial charge in [0.05, 0.1) is 11.5 Å². The SMILES string of the molecule is N[C@@H](Cc1ccc(O)cc1)C(=O)NC12CC3CC(C1)CC(C(=O)O)(C3)C2. The largest absolute Gasteiger partial charge is 0.508 e. The number of carboxylic acids is 1. The Kier molecular flexibility index (Phi) is 3.99. The summed E-state index contributed by atoms with van der Waals surface area (Å²) in [5, 5.41) is 22.3. The van der Waals surface area contributed by atoms with Gasteiger partial charge in [0.2, 0.25) is 5.91 Å². The fourth-order valence-electron chi connectivity index (χ4n) is 5.99. The van der Waals surface area contributed by atoms with Crippen molar-refractivity contribution in [3.8, 4) is 5.75 Å². The van der Waals surface area contributed by atoms with Crippen LogP contribution in [0.3, 0.4) is 0 Å². The first kappa shape index (κ1) is 17.3. The fraction of sp³-hybridized carbons (Fsp3) is 0.600. The first-order chi connectivity index (χ1) is 12.3. The van der Waals surface area contributed by atoms with Crippen molar-refractivity contribution in [2.75, 3.05) is 0 Å². The summed E-state index contributed by atoms with van der Waals surface area (Å²) >= 11 is 0. The molecule has 4 aliphatic carbocycles. The third kappa shape index (κ3) is 2.96. The number of phenolic OH excluding ortho intramolecular Hbond substituents is 1. The number of rotatable bonds is 5. The van der Waals surface area contributed by atoms with Crippen molar-refractivity contribution in [3.05, 3.63) is 29.8 Å². The van der Waals surface area contributed by atoms with Gasteiger partial charge in [0, 0.05) is 5.54 Å². The summed E-state index contributed by atoms with van der Waals surface area (Å²) in [6.45, 7) is 0. The number of nitrogens with one attached hydrogen (secondary N) is 1. The van der Waals surface area contributed by atoms with Gasteiger partial charge in [0.1, 0.15) is 5.75 Å². The summed E-state index contributed by atoms with van der Waals surface area (Å²) in [5.74, 6) is 0.0421. The minimum absolute atomic E-state index is 0.180. The van der Waals surface area contributed by atoms with Crippen molar-refractivity contribution in [1.29, 1.82) is 0 Å². The lowest BCUT2D eigenvalue weighted by Gasteiger charge is -2.60. The second-order valence-corrected chi connectivity index (χ2v) is 8.79. The molecule has 1 amide bonds. The molecule has 4 saturated carbocycles. The number of benzene rings is 1. The van der Waals surface area contributed by atoms with E-state index in [4.69, 9.17) is 5.73 Å². The van der Waals surface area contributed by atoms with Crippen molar-refractivity contribution < 1.29 is 19.8 Å². The monoisotopic (exact) mass is 358 g/mol. The fourth-order valence-corrected chi connectivity index (χ4v) is 5.99. The summed E-state index contributed by atoms with van der Waals surface area (Å²) in [7, 11) is 0. The van der Waals surface area contributed by atoms with E-state index in [1.807, 2.05) is 0 Å². The van der Waals surface area contributed by atoms with Crippen LogP contribution >= 0.6 is 0 Å². The van der Waals surface area contributed by atoms with Crippen LogP contribution in [0.15, 0.2) is 24.3 Å². The molecular weight excluding hydrogens is 332 g/mol. The highest BCUT2D eigenvalue weighted by Crippen LogP contribution is 2.61. The smallest absolute Gasteiger partial charge is 0.309 e. The Morgan fingerprint density at radius 2 is 1.77 bits per heavy atom. The van der Waals surface area contributed by atoms with Gasteiger partial charge in [0.15, 0.2) is 0 Å². The van der Waals surface area contributed by atoms with E-state index in [1.165, 1.54) is 0 Å². The van der Waals surface area contributed by atoms with E-state index >= 15 is 0 Å². The molecule has 4 aliphatic rings. The molecule has 3 atom stereocenters. The van der Waals surface area contributed by atoms with Crippen molar-refractivity contribution in [2.45, 2.75) is 56.5 Å². The maximum absolute atomic E-state index is 12.7. The van der Waals surface area contributed by atoms with Gasteiger partial charge >= 0.3 is 5.97 Å². The van der Waals surface area contributed by atoms with E-state index in [1.54, 1.807) is 24.3 Å². The molecule has 140 valence electrons. The van der Waals surface area contributed by atoms with Crippen LogP contribution in [0, 0.1) is 17.3 Å². The number of amides is 1. The Labute approximate surface area is 152 Å². The predicted molar refractivity (Wildman–Crippen MR) is 95.4 cm³/mol. The van der Waals surface area contributed by atoms with E-state index in [9.17, 15) is 19.8 Å². The predicted octanol–water partition coefficient (Wildman–Crippen LogP) is 1.80. The van der Waals surface area contributed by atoms with E-state index in [0.717, 1.165) is 37.7 Å². The van der Waals surface area contributed by atoms with E-state index in [-0.39, 0.29) is 11.7 Å². The zero-order valence-corrected chi connectivity index (χ0v) is 14.8. The minimum Gasteiger partial charge on any atom is -0.508 e. The number of hydrogen-bond acceptors (Lipinski definition) is 4. The van der Waals surface area contributed by atoms with Crippen LogP contribution in [-0.4, -0.2) is 33.7 Å². The number of aromatic hydroxyl groups is 1. The average Bonchev–Trinajstić information content (AvgIpc) is 2.55. The van der Waals surface area contributed by atoms with E-state index < -0.39 is 23.0 Å². The van der Waals surface area contributed by atoms with Crippen molar-refractivity contribution in [3.63, 3.8) is 0 Å². The van der Waals surface area contributed by atoms with Gasteiger partial charge in [-0.2, -0.15) is 0 Å². The molecule has 0 saturated heterocycles. The number of hydrogen-bond donors (Lipinski definition) is 4. The van der Waals surface area contributed by atoms with Crippen LogP contribution < -0.4 is 11.1 Å². The Bertz CT molecular complexity index is 716. The standard InChI is InChI=1S/C20H26N2O4/c21-16(6-12-1-3-15(23)4-2-12)17(24)22-20-9-13-5-14(10-20)8-19(7-13,11-20)18(25)26/h1-4,13-14,16,23H,5-11,21H2,(H,22,24)(H,25,26)/t13?,14?,16-,19?,20?/m0/s1. The maximum Gasteiger partial charge on any atom is 0.309 e. The van der Waals surface area contributed by atoms with Gasteiger partial charge in [-0.3, -0.25) is 9.59 Å². The molecule has 0 heterocycles. The Hall–Kier alpha value is -2.08. The van der Waals surface area contributed by atoms with Gasteiger partial charge in [-0.15, -0.1) is 0 Å².